The molecule has 1 aliphatic heterocycles. The van der Waals surface area contributed by atoms with Gasteiger partial charge in [0.05, 0.1) is 12.1 Å². The number of carbonyl (C=O) groups is 1. The Balaban J connectivity index is 1.15. The molecule has 1 atom stereocenters. The fourth-order valence-electron chi connectivity index (χ4n) is 4.41. The number of anilines is 1. The van der Waals surface area contributed by atoms with Gasteiger partial charge in [-0.2, -0.15) is 5.10 Å². The second kappa shape index (κ2) is 11.4. The van der Waals surface area contributed by atoms with Crippen LogP contribution < -0.4 is 9.64 Å². The summed E-state index contributed by atoms with van der Waals surface area (Å²) in [7, 11) is 1.56. The van der Waals surface area contributed by atoms with Crippen LogP contribution in [0, 0.1) is 5.82 Å². The number of nitrogens with zero attached hydrogens (tertiary/aromatic N) is 3. The number of methoxy groups -OCH3 is 1. The number of halogens is 1. The fraction of sp³-hybridized carbons (Fsp3) is 0.462. The van der Waals surface area contributed by atoms with Crippen LogP contribution in [0.4, 0.5) is 10.2 Å². The SMILES string of the molecule is CCC(=O)C(OC)c1ccc(OCCCCN2CCN(c3n[nH]c4cc(F)ccc34)CC2)cc1. The Hall–Kier alpha value is -2.97. The largest absolute Gasteiger partial charge is 0.494 e. The first-order chi connectivity index (χ1) is 16.6. The summed E-state index contributed by atoms with van der Waals surface area (Å²) in [6.45, 7) is 7.32. The molecule has 2 heterocycles. The maximum atomic E-state index is 13.4. The van der Waals surface area contributed by atoms with Crippen molar-refractivity contribution in [3.8, 4) is 5.75 Å². The molecule has 0 aliphatic carbocycles. The van der Waals surface area contributed by atoms with Crippen molar-refractivity contribution in [2.24, 2.45) is 0 Å². The van der Waals surface area contributed by atoms with Crippen LogP contribution in [-0.2, 0) is 9.53 Å². The maximum Gasteiger partial charge on any atom is 0.165 e. The molecule has 0 bridgehead atoms. The zero-order valence-electron chi connectivity index (χ0n) is 19.9. The number of aromatic nitrogens is 2. The number of rotatable bonds is 11. The minimum atomic E-state index is -0.505. The van der Waals surface area contributed by atoms with Gasteiger partial charge >= 0.3 is 0 Å². The van der Waals surface area contributed by atoms with E-state index in [1.165, 1.54) is 12.1 Å². The summed E-state index contributed by atoms with van der Waals surface area (Å²) in [6, 6.07) is 12.4. The first-order valence-corrected chi connectivity index (χ1v) is 12.0. The van der Waals surface area contributed by atoms with E-state index in [2.05, 4.69) is 20.0 Å². The zero-order valence-corrected chi connectivity index (χ0v) is 19.9. The number of nitrogens with one attached hydrogen (secondary N) is 1. The highest BCUT2D eigenvalue weighted by molar-refractivity contribution is 5.90. The molecule has 182 valence electrons. The monoisotopic (exact) mass is 468 g/mol. The van der Waals surface area contributed by atoms with Crippen LogP contribution in [0.3, 0.4) is 0 Å². The molecule has 0 amide bonds. The van der Waals surface area contributed by atoms with E-state index in [0.717, 1.165) is 73.6 Å². The number of ketones is 1. The van der Waals surface area contributed by atoms with Gasteiger partial charge in [0, 0.05) is 45.1 Å². The lowest BCUT2D eigenvalue weighted by molar-refractivity contribution is -0.128. The molecule has 1 fully saturated rings. The Bertz CT molecular complexity index is 1080. The topological polar surface area (TPSA) is 70.7 Å². The molecule has 0 spiro atoms. The number of piperazine rings is 1. The average Bonchev–Trinajstić information content (AvgIpc) is 3.28. The third-order valence-corrected chi connectivity index (χ3v) is 6.37. The second-order valence-corrected chi connectivity index (χ2v) is 8.63. The first-order valence-electron chi connectivity index (χ1n) is 12.0. The van der Waals surface area contributed by atoms with Crippen LogP contribution in [0.1, 0.15) is 37.9 Å². The van der Waals surface area contributed by atoms with E-state index >= 15 is 0 Å². The Morgan fingerprint density at radius 3 is 2.59 bits per heavy atom. The van der Waals surface area contributed by atoms with Crippen LogP contribution in [0.5, 0.6) is 5.75 Å². The van der Waals surface area contributed by atoms with Crippen molar-refractivity contribution in [1.29, 1.82) is 0 Å². The molecular weight excluding hydrogens is 435 g/mol. The number of unbranched alkanes of at least 4 members (excludes halogenated alkanes) is 1. The minimum absolute atomic E-state index is 0.0742. The van der Waals surface area contributed by atoms with E-state index < -0.39 is 6.10 Å². The number of carbonyl (C=O) groups excluding carboxylic acids is 1. The van der Waals surface area contributed by atoms with Gasteiger partial charge in [0.2, 0.25) is 0 Å². The molecular formula is C26H33FN4O3. The Labute approximate surface area is 199 Å². The minimum Gasteiger partial charge on any atom is -0.494 e. The molecule has 0 saturated carbocycles. The van der Waals surface area contributed by atoms with E-state index in [4.69, 9.17) is 9.47 Å². The first kappa shape index (κ1) is 24.2. The Morgan fingerprint density at radius 1 is 1.12 bits per heavy atom. The summed E-state index contributed by atoms with van der Waals surface area (Å²) in [4.78, 5) is 16.7. The highest BCUT2D eigenvalue weighted by atomic mass is 19.1. The van der Waals surface area contributed by atoms with E-state index in [9.17, 15) is 9.18 Å². The predicted molar refractivity (Wildman–Crippen MR) is 131 cm³/mol. The quantitative estimate of drug-likeness (QED) is 0.422. The zero-order chi connectivity index (χ0) is 23.9. The van der Waals surface area contributed by atoms with Crippen molar-refractivity contribution in [2.75, 3.05) is 51.3 Å². The molecule has 34 heavy (non-hydrogen) atoms. The van der Waals surface area contributed by atoms with Gasteiger partial charge < -0.3 is 14.4 Å². The van der Waals surface area contributed by atoms with Gasteiger partial charge in [-0.25, -0.2) is 4.39 Å². The van der Waals surface area contributed by atoms with Gasteiger partial charge in [-0.05, 0) is 55.3 Å². The van der Waals surface area contributed by atoms with Crippen LogP contribution in [0.2, 0.25) is 0 Å². The van der Waals surface area contributed by atoms with Gasteiger partial charge in [0.25, 0.3) is 0 Å². The highest BCUT2D eigenvalue weighted by Crippen LogP contribution is 2.26. The van der Waals surface area contributed by atoms with Crippen LogP contribution in [0.15, 0.2) is 42.5 Å². The number of hydrogen-bond acceptors (Lipinski definition) is 6. The van der Waals surface area contributed by atoms with Crippen molar-refractivity contribution >= 4 is 22.5 Å². The van der Waals surface area contributed by atoms with Gasteiger partial charge in [-0.1, -0.05) is 19.1 Å². The average molecular weight is 469 g/mol. The van der Waals surface area contributed by atoms with E-state index in [0.29, 0.717) is 13.0 Å². The standard InChI is InChI=1S/C26H33FN4O3/c1-3-24(32)25(33-2)19-6-9-21(10-7-19)34-17-5-4-12-30-13-15-31(16-14-30)26-22-11-8-20(27)18-23(22)28-29-26/h6-11,18,25H,3-5,12-17H2,1-2H3,(H,28,29). The van der Waals surface area contributed by atoms with E-state index in [1.54, 1.807) is 13.2 Å². The molecule has 1 N–H and O–H groups in total. The summed E-state index contributed by atoms with van der Waals surface area (Å²) in [5.41, 5.74) is 1.59. The van der Waals surface area contributed by atoms with Crippen LogP contribution in [-0.4, -0.2) is 67.3 Å². The molecule has 1 unspecified atom stereocenters. The number of aromatic amines is 1. The van der Waals surface area contributed by atoms with Crippen LogP contribution >= 0.6 is 0 Å². The van der Waals surface area contributed by atoms with E-state index in [1.807, 2.05) is 31.2 Å². The Kier molecular flexibility index (Phi) is 8.13. The summed E-state index contributed by atoms with van der Waals surface area (Å²) in [6.07, 6.45) is 1.99. The predicted octanol–water partition coefficient (Wildman–Crippen LogP) is 4.35. The van der Waals surface area contributed by atoms with Gasteiger partial charge in [0.15, 0.2) is 11.6 Å². The number of Topliss-reactive ketones (excluding diaryl/α,β-unsaturated/α-hetero) is 1. The summed E-state index contributed by atoms with van der Waals surface area (Å²) in [5, 5.41) is 8.31. The third kappa shape index (κ3) is 5.74. The van der Waals surface area contributed by atoms with Crippen molar-refractivity contribution in [3.63, 3.8) is 0 Å². The summed E-state index contributed by atoms with van der Waals surface area (Å²) in [5.74, 6) is 1.54. The van der Waals surface area contributed by atoms with Gasteiger partial charge in [-0.15, -0.1) is 0 Å². The van der Waals surface area contributed by atoms with E-state index in [-0.39, 0.29) is 11.6 Å². The lowest BCUT2D eigenvalue weighted by atomic mass is 10.0. The molecule has 4 rings (SSSR count). The molecule has 8 heteroatoms. The second-order valence-electron chi connectivity index (χ2n) is 8.63. The number of H-pyrrole nitrogens is 1. The lowest BCUT2D eigenvalue weighted by Crippen LogP contribution is -2.46. The maximum absolute atomic E-state index is 13.4. The van der Waals surface area contributed by atoms with Crippen LogP contribution in [0.25, 0.3) is 10.9 Å². The molecule has 3 aromatic rings. The number of hydrogen-bond donors (Lipinski definition) is 1. The molecule has 7 nitrogen and oxygen atoms in total. The summed E-state index contributed by atoms with van der Waals surface area (Å²) < 4.78 is 24.6. The summed E-state index contributed by atoms with van der Waals surface area (Å²) >= 11 is 0. The number of benzene rings is 2. The van der Waals surface area contributed by atoms with Crippen molar-refractivity contribution < 1.29 is 18.7 Å². The molecule has 1 saturated heterocycles. The van der Waals surface area contributed by atoms with Crippen molar-refractivity contribution in [1.82, 2.24) is 15.1 Å². The molecule has 0 radical (unpaired) electrons. The lowest BCUT2D eigenvalue weighted by Gasteiger charge is -2.35. The number of ether oxygens (including phenoxy) is 2. The fourth-order valence-corrected chi connectivity index (χ4v) is 4.41. The van der Waals surface area contributed by atoms with Crippen molar-refractivity contribution in [2.45, 2.75) is 32.3 Å². The highest BCUT2D eigenvalue weighted by Gasteiger charge is 2.21. The third-order valence-electron chi connectivity index (χ3n) is 6.37. The molecule has 2 aromatic carbocycles. The van der Waals surface area contributed by atoms with Crippen molar-refractivity contribution in [3.05, 3.63) is 53.8 Å². The van der Waals surface area contributed by atoms with Gasteiger partial charge in [0.1, 0.15) is 17.7 Å². The molecule has 1 aliphatic rings. The van der Waals surface area contributed by atoms with Gasteiger partial charge in [-0.3, -0.25) is 14.8 Å². The number of fused-ring (bicyclic) bond motifs is 1. The normalized spacial score (nSPS) is 15.6. The molecule has 1 aromatic heterocycles. The smallest absolute Gasteiger partial charge is 0.165 e. The Morgan fingerprint density at radius 2 is 1.88 bits per heavy atom.